The van der Waals surface area contributed by atoms with Crippen LogP contribution < -0.4 is 14.4 Å². The maximum Gasteiger partial charge on any atom is 0.207 e. The second-order valence-electron chi connectivity index (χ2n) is 8.84. The minimum atomic E-state index is 0.320. The molecular formula is C28H31N3O2. The van der Waals surface area contributed by atoms with Gasteiger partial charge in [-0.2, -0.15) is 0 Å². The van der Waals surface area contributed by atoms with Gasteiger partial charge in [0.15, 0.2) is 0 Å². The van der Waals surface area contributed by atoms with Crippen LogP contribution in [0.5, 0.6) is 11.5 Å². The summed E-state index contributed by atoms with van der Waals surface area (Å²) in [5, 5.41) is 0. The summed E-state index contributed by atoms with van der Waals surface area (Å²) in [6.07, 6.45) is 3.37. The highest BCUT2D eigenvalue weighted by Crippen LogP contribution is 2.38. The number of fused-ring (bicyclic) bond motifs is 1. The van der Waals surface area contributed by atoms with Crippen molar-refractivity contribution in [2.75, 3.05) is 25.7 Å². The van der Waals surface area contributed by atoms with Gasteiger partial charge in [0.2, 0.25) is 5.96 Å². The molecule has 2 unspecified atom stereocenters. The average Bonchev–Trinajstić information content (AvgIpc) is 3.44. The van der Waals surface area contributed by atoms with E-state index in [2.05, 4.69) is 53.1 Å². The minimum Gasteiger partial charge on any atom is -0.497 e. The predicted octanol–water partition coefficient (Wildman–Crippen LogP) is 5.60. The van der Waals surface area contributed by atoms with E-state index in [0.29, 0.717) is 12.1 Å². The van der Waals surface area contributed by atoms with Crippen LogP contribution in [0.15, 0.2) is 77.8 Å². The molecule has 0 aliphatic carbocycles. The lowest BCUT2D eigenvalue weighted by Gasteiger charge is -2.28. The number of ether oxygens (including phenoxy) is 2. The highest BCUT2D eigenvalue weighted by atomic mass is 16.5. The number of guanidine groups is 1. The quantitative estimate of drug-likeness (QED) is 0.499. The molecule has 5 rings (SSSR count). The summed E-state index contributed by atoms with van der Waals surface area (Å²) in [4.78, 5) is 10.1. The Kier molecular flexibility index (Phi) is 5.95. The number of rotatable bonds is 6. The lowest BCUT2D eigenvalue weighted by Crippen LogP contribution is -2.39. The zero-order valence-electron chi connectivity index (χ0n) is 19.6. The van der Waals surface area contributed by atoms with E-state index in [-0.39, 0.29) is 0 Å². The third-order valence-electron chi connectivity index (χ3n) is 6.76. The molecule has 0 aromatic heterocycles. The van der Waals surface area contributed by atoms with Crippen molar-refractivity contribution >= 4 is 17.3 Å². The molecule has 0 amide bonds. The molecule has 3 aromatic rings. The van der Waals surface area contributed by atoms with Gasteiger partial charge in [-0.05, 0) is 80.3 Å². The van der Waals surface area contributed by atoms with Gasteiger partial charge in [-0.15, -0.1) is 0 Å². The number of aliphatic imine (C=N–C) groups is 1. The molecule has 0 N–H and O–H groups in total. The second-order valence-corrected chi connectivity index (χ2v) is 8.84. The number of nitrogens with zero attached hydrogens (tertiary/aromatic N) is 3. The molecule has 2 aliphatic rings. The van der Waals surface area contributed by atoms with Crippen LogP contribution in [0.25, 0.3) is 0 Å². The Hall–Kier alpha value is -3.47. The van der Waals surface area contributed by atoms with Crippen LogP contribution in [-0.4, -0.2) is 43.7 Å². The van der Waals surface area contributed by atoms with Crippen molar-refractivity contribution in [3.8, 4) is 11.5 Å². The number of hydrogen-bond acceptors (Lipinski definition) is 3. The Morgan fingerprint density at radius 2 is 1.48 bits per heavy atom. The summed E-state index contributed by atoms with van der Waals surface area (Å²) in [5.74, 6) is 2.74. The normalized spacial score (nSPS) is 20.9. The fraction of sp³-hybridized carbons (Fsp3) is 0.321. The number of hydrogen-bond donors (Lipinski definition) is 0. The van der Waals surface area contributed by atoms with Gasteiger partial charge < -0.3 is 19.3 Å². The first kappa shape index (κ1) is 21.4. The van der Waals surface area contributed by atoms with Crippen LogP contribution in [0.3, 0.4) is 0 Å². The van der Waals surface area contributed by atoms with Crippen LogP contribution in [-0.2, 0) is 6.42 Å². The molecule has 33 heavy (non-hydrogen) atoms. The van der Waals surface area contributed by atoms with Crippen molar-refractivity contribution in [3.63, 3.8) is 0 Å². The zero-order valence-corrected chi connectivity index (χ0v) is 19.6. The summed E-state index contributed by atoms with van der Waals surface area (Å²) in [5.41, 5.74) is 4.74. The van der Waals surface area contributed by atoms with Crippen LogP contribution in [0.2, 0.25) is 0 Å². The molecule has 0 saturated carbocycles. The molecule has 0 spiro atoms. The highest BCUT2D eigenvalue weighted by molar-refractivity contribution is 6.01. The monoisotopic (exact) mass is 441 g/mol. The van der Waals surface area contributed by atoms with Crippen molar-refractivity contribution in [2.45, 2.75) is 38.3 Å². The van der Waals surface area contributed by atoms with E-state index in [1.54, 1.807) is 14.2 Å². The van der Waals surface area contributed by atoms with Crippen LogP contribution in [0.1, 0.15) is 24.0 Å². The van der Waals surface area contributed by atoms with E-state index >= 15 is 0 Å². The standard InChI is InChI=1S/C28H31N3O2/c1-20-6-8-21(9-7-20)19-27-26-5-4-18-30(26)28(29-22-10-14-24(32-2)15-11-22)31(27)23-12-16-25(33-3)17-13-23/h6-17,26-27H,4-5,18-19H2,1-3H3. The number of methoxy groups -OCH3 is 2. The van der Waals surface area contributed by atoms with Crippen LogP contribution in [0, 0.1) is 6.92 Å². The highest BCUT2D eigenvalue weighted by Gasteiger charge is 2.46. The molecule has 0 bridgehead atoms. The lowest BCUT2D eigenvalue weighted by atomic mass is 9.97. The summed E-state index contributed by atoms with van der Waals surface area (Å²) < 4.78 is 10.7. The SMILES string of the molecule is COc1ccc(N=C2N3CCCC3C(Cc3ccc(C)cc3)N2c2ccc(OC)cc2)cc1. The van der Waals surface area contributed by atoms with Crippen molar-refractivity contribution < 1.29 is 9.47 Å². The molecule has 3 aromatic carbocycles. The zero-order chi connectivity index (χ0) is 22.8. The van der Waals surface area contributed by atoms with E-state index in [0.717, 1.165) is 41.8 Å². The summed E-state index contributed by atoms with van der Waals surface area (Å²) in [6, 6.07) is 26.1. The fourth-order valence-electron chi connectivity index (χ4n) is 5.03. The number of benzene rings is 3. The first-order valence-corrected chi connectivity index (χ1v) is 11.6. The fourth-order valence-corrected chi connectivity index (χ4v) is 5.03. The van der Waals surface area contributed by atoms with Gasteiger partial charge in [0.1, 0.15) is 11.5 Å². The summed E-state index contributed by atoms with van der Waals surface area (Å²) >= 11 is 0. The van der Waals surface area contributed by atoms with E-state index < -0.39 is 0 Å². The maximum atomic E-state index is 5.41. The number of aryl methyl sites for hydroxylation is 1. The topological polar surface area (TPSA) is 37.3 Å². The third-order valence-corrected chi connectivity index (χ3v) is 6.76. The molecule has 5 nitrogen and oxygen atoms in total. The predicted molar refractivity (Wildman–Crippen MR) is 134 cm³/mol. The first-order valence-electron chi connectivity index (χ1n) is 11.6. The molecular weight excluding hydrogens is 410 g/mol. The number of anilines is 1. The van der Waals surface area contributed by atoms with E-state index in [9.17, 15) is 0 Å². The third kappa shape index (κ3) is 4.28. The van der Waals surface area contributed by atoms with Crippen molar-refractivity contribution in [1.29, 1.82) is 0 Å². The first-order chi connectivity index (χ1) is 16.2. The molecule has 2 fully saturated rings. The molecule has 2 aliphatic heterocycles. The van der Waals surface area contributed by atoms with Crippen molar-refractivity contribution in [1.82, 2.24) is 4.90 Å². The van der Waals surface area contributed by atoms with Gasteiger partial charge in [-0.3, -0.25) is 0 Å². The lowest BCUT2D eigenvalue weighted by molar-refractivity contribution is 0.385. The Morgan fingerprint density at radius 1 is 0.848 bits per heavy atom. The Bertz CT molecular complexity index is 1110. The maximum absolute atomic E-state index is 5.41. The molecule has 170 valence electrons. The summed E-state index contributed by atoms with van der Waals surface area (Å²) in [7, 11) is 3.39. The summed E-state index contributed by atoms with van der Waals surface area (Å²) in [6.45, 7) is 3.18. The molecule has 2 atom stereocenters. The average molecular weight is 442 g/mol. The molecule has 5 heteroatoms. The minimum absolute atomic E-state index is 0.320. The van der Waals surface area contributed by atoms with E-state index in [1.165, 1.54) is 24.0 Å². The van der Waals surface area contributed by atoms with Gasteiger partial charge in [0, 0.05) is 12.2 Å². The largest absolute Gasteiger partial charge is 0.497 e. The van der Waals surface area contributed by atoms with Gasteiger partial charge in [-0.1, -0.05) is 29.8 Å². The Balaban J connectivity index is 1.57. The van der Waals surface area contributed by atoms with Gasteiger partial charge in [0.05, 0.1) is 32.0 Å². The van der Waals surface area contributed by atoms with Crippen molar-refractivity contribution in [3.05, 3.63) is 83.9 Å². The van der Waals surface area contributed by atoms with Gasteiger partial charge in [0.25, 0.3) is 0 Å². The Morgan fingerprint density at radius 3 is 2.12 bits per heavy atom. The smallest absolute Gasteiger partial charge is 0.207 e. The Labute approximate surface area is 196 Å². The molecule has 2 saturated heterocycles. The van der Waals surface area contributed by atoms with E-state index in [1.807, 2.05) is 36.4 Å². The molecule has 0 radical (unpaired) electrons. The molecule has 2 heterocycles. The second kappa shape index (κ2) is 9.18. The van der Waals surface area contributed by atoms with Crippen molar-refractivity contribution in [2.24, 2.45) is 4.99 Å². The van der Waals surface area contributed by atoms with Crippen LogP contribution in [0.4, 0.5) is 11.4 Å². The van der Waals surface area contributed by atoms with Gasteiger partial charge >= 0.3 is 0 Å². The van der Waals surface area contributed by atoms with E-state index in [4.69, 9.17) is 14.5 Å². The van der Waals surface area contributed by atoms with Crippen LogP contribution >= 0.6 is 0 Å². The van der Waals surface area contributed by atoms with Gasteiger partial charge in [-0.25, -0.2) is 4.99 Å².